The molecule has 0 aromatic heterocycles. The van der Waals surface area contributed by atoms with Crippen molar-refractivity contribution in [1.29, 1.82) is 0 Å². The lowest BCUT2D eigenvalue weighted by atomic mass is 9.80. The summed E-state index contributed by atoms with van der Waals surface area (Å²) in [6.45, 7) is 4.19. The fourth-order valence-corrected chi connectivity index (χ4v) is 5.34. The minimum atomic E-state index is -0.817. The lowest BCUT2D eigenvalue weighted by Gasteiger charge is -2.50. The van der Waals surface area contributed by atoms with E-state index in [1.165, 1.54) is 38.8 Å². The molecule has 2 unspecified atom stereocenters. The number of rotatable bonds is 5. The Morgan fingerprint density at radius 3 is 2.38 bits per heavy atom. The maximum atomic E-state index is 11.6. The quantitative estimate of drug-likeness (QED) is 0.839. The molecule has 3 heterocycles. The van der Waals surface area contributed by atoms with Crippen LogP contribution in [-0.2, 0) is 10.3 Å². The predicted molar refractivity (Wildman–Crippen MR) is 95.5 cm³/mol. The molecule has 5 rings (SSSR count). The average Bonchev–Trinajstić information content (AvgIpc) is 3.16. The van der Waals surface area contributed by atoms with Crippen molar-refractivity contribution < 1.29 is 14.3 Å². The summed E-state index contributed by atoms with van der Waals surface area (Å²) in [6.07, 6.45) is 7.62. The molecule has 1 aromatic carbocycles. The number of aliphatic hydroxyl groups is 1. The third-order valence-corrected chi connectivity index (χ3v) is 7.05. The topological polar surface area (TPSA) is 29.5 Å². The molecule has 4 aliphatic rings. The normalized spacial score (nSPS) is 35.9. The van der Waals surface area contributed by atoms with Gasteiger partial charge >= 0.3 is 0 Å². The van der Waals surface area contributed by atoms with Gasteiger partial charge < -0.3 is 14.3 Å². The molecule has 1 aliphatic carbocycles. The van der Waals surface area contributed by atoms with E-state index >= 15 is 0 Å². The Labute approximate surface area is 146 Å². The van der Waals surface area contributed by atoms with Crippen molar-refractivity contribution in [2.45, 2.75) is 50.2 Å². The molecular formula is C21H32NO2+. The summed E-state index contributed by atoms with van der Waals surface area (Å²) in [4.78, 5) is 0. The van der Waals surface area contributed by atoms with Gasteiger partial charge in [0.2, 0.25) is 0 Å². The van der Waals surface area contributed by atoms with Gasteiger partial charge in [-0.05, 0) is 24.3 Å². The zero-order valence-electron chi connectivity index (χ0n) is 15.0. The zero-order valence-corrected chi connectivity index (χ0v) is 15.0. The van der Waals surface area contributed by atoms with Crippen LogP contribution >= 0.6 is 0 Å². The molecular weight excluding hydrogens is 298 g/mol. The van der Waals surface area contributed by atoms with Crippen LogP contribution in [0.25, 0.3) is 0 Å². The van der Waals surface area contributed by atoms with E-state index in [1.54, 1.807) is 0 Å². The summed E-state index contributed by atoms with van der Waals surface area (Å²) in [5.74, 6) is 1.04. The smallest absolute Gasteiger partial charge is 0.116 e. The van der Waals surface area contributed by atoms with E-state index in [0.29, 0.717) is 24.5 Å². The lowest BCUT2D eigenvalue weighted by Crippen LogP contribution is -2.62. The van der Waals surface area contributed by atoms with Crippen LogP contribution < -0.4 is 0 Å². The first-order valence-corrected chi connectivity index (χ1v) is 9.82. The number of likely N-dealkylation sites (N-methyl/N-ethyl adjacent to an activating group) is 1. The van der Waals surface area contributed by atoms with Gasteiger partial charge in [0.1, 0.15) is 18.2 Å². The fourth-order valence-electron chi connectivity index (χ4n) is 5.34. The number of hydrogen-bond acceptors (Lipinski definition) is 2. The molecule has 3 heteroatoms. The highest BCUT2D eigenvalue weighted by Crippen LogP contribution is 2.42. The Morgan fingerprint density at radius 2 is 1.75 bits per heavy atom. The number of quaternary nitrogens is 1. The van der Waals surface area contributed by atoms with Gasteiger partial charge in [-0.3, -0.25) is 0 Å². The molecule has 1 aromatic rings. The molecule has 2 bridgehead atoms. The van der Waals surface area contributed by atoms with Crippen molar-refractivity contribution in [1.82, 2.24) is 0 Å². The molecule has 24 heavy (non-hydrogen) atoms. The SMILES string of the molecule is C[N+]12CCC(CC1)C(OCC(O)(c1ccccc1)C1CCCC1)C2. The fraction of sp³-hybridized carbons (Fsp3) is 0.714. The Kier molecular flexibility index (Phi) is 4.44. The van der Waals surface area contributed by atoms with Crippen molar-refractivity contribution in [3.8, 4) is 0 Å². The number of hydrogen-bond donors (Lipinski definition) is 1. The molecule has 1 N–H and O–H groups in total. The standard InChI is InChI=1S/C21H32NO2/c1-22-13-11-17(12-14-22)20(15-22)24-16-21(23,19-9-5-6-10-19)18-7-3-2-4-8-18/h2-4,7-8,17,19-20,23H,5-6,9-16H2,1H3/q+1. The summed E-state index contributed by atoms with van der Waals surface area (Å²) in [7, 11) is 2.37. The predicted octanol–water partition coefficient (Wildman–Crippen LogP) is 3.32. The van der Waals surface area contributed by atoms with E-state index < -0.39 is 5.60 Å². The third-order valence-electron chi connectivity index (χ3n) is 7.05. The summed E-state index contributed by atoms with van der Waals surface area (Å²) in [6, 6.07) is 10.3. The minimum Gasteiger partial charge on any atom is -0.382 e. The summed E-state index contributed by atoms with van der Waals surface area (Å²) in [5, 5.41) is 11.6. The summed E-state index contributed by atoms with van der Waals surface area (Å²) >= 11 is 0. The number of nitrogens with zero attached hydrogens (tertiary/aromatic N) is 1. The van der Waals surface area contributed by atoms with Gasteiger partial charge in [-0.25, -0.2) is 0 Å². The van der Waals surface area contributed by atoms with Gasteiger partial charge in [0.15, 0.2) is 0 Å². The second kappa shape index (κ2) is 6.44. The second-order valence-electron chi connectivity index (χ2n) is 8.71. The van der Waals surface area contributed by atoms with Gasteiger partial charge in [0.25, 0.3) is 0 Å². The number of fused-ring (bicyclic) bond motifs is 3. The van der Waals surface area contributed by atoms with Gasteiger partial charge in [-0.15, -0.1) is 0 Å². The molecule has 0 radical (unpaired) electrons. The van der Waals surface area contributed by atoms with Gasteiger partial charge in [-0.2, -0.15) is 0 Å². The molecule has 3 nitrogen and oxygen atoms in total. The first-order chi connectivity index (χ1) is 11.6. The lowest BCUT2D eigenvalue weighted by molar-refractivity contribution is -0.928. The van der Waals surface area contributed by atoms with E-state index in [2.05, 4.69) is 19.2 Å². The number of ether oxygens (including phenoxy) is 1. The summed E-state index contributed by atoms with van der Waals surface area (Å²) in [5.41, 5.74) is 0.223. The number of benzene rings is 1. The van der Waals surface area contributed by atoms with E-state index in [1.807, 2.05) is 18.2 Å². The molecule has 2 atom stereocenters. The highest BCUT2D eigenvalue weighted by atomic mass is 16.5. The van der Waals surface area contributed by atoms with Gasteiger partial charge in [0.05, 0.1) is 26.7 Å². The molecule has 3 saturated heterocycles. The molecule has 0 amide bonds. The first-order valence-electron chi connectivity index (χ1n) is 9.82. The van der Waals surface area contributed by atoms with Crippen LogP contribution in [0.15, 0.2) is 30.3 Å². The maximum absolute atomic E-state index is 11.6. The molecule has 1 saturated carbocycles. The monoisotopic (exact) mass is 330 g/mol. The second-order valence-corrected chi connectivity index (χ2v) is 8.71. The minimum absolute atomic E-state index is 0.328. The van der Waals surface area contributed by atoms with Crippen LogP contribution in [0.1, 0.15) is 44.1 Å². The average molecular weight is 330 g/mol. The van der Waals surface area contributed by atoms with Gasteiger partial charge in [0, 0.05) is 18.8 Å². The van der Waals surface area contributed by atoms with E-state index in [4.69, 9.17) is 4.74 Å². The zero-order chi connectivity index (χ0) is 16.6. The van der Waals surface area contributed by atoms with Crippen LogP contribution in [0, 0.1) is 11.8 Å². The molecule has 0 spiro atoms. The Hall–Kier alpha value is -0.900. The molecule has 132 valence electrons. The van der Waals surface area contributed by atoms with Crippen LogP contribution in [0.4, 0.5) is 0 Å². The maximum Gasteiger partial charge on any atom is 0.116 e. The third kappa shape index (κ3) is 3.02. The molecule has 4 fully saturated rings. The molecule has 3 aliphatic heterocycles. The van der Waals surface area contributed by atoms with Crippen molar-refractivity contribution in [2.75, 3.05) is 33.3 Å². The van der Waals surface area contributed by atoms with Crippen molar-refractivity contribution in [3.05, 3.63) is 35.9 Å². The van der Waals surface area contributed by atoms with Crippen molar-refractivity contribution >= 4 is 0 Å². The Morgan fingerprint density at radius 1 is 1.08 bits per heavy atom. The van der Waals surface area contributed by atoms with Crippen LogP contribution in [-0.4, -0.2) is 49.0 Å². The van der Waals surface area contributed by atoms with Crippen molar-refractivity contribution in [3.63, 3.8) is 0 Å². The highest BCUT2D eigenvalue weighted by molar-refractivity contribution is 5.24. The van der Waals surface area contributed by atoms with Crippen LogP contribution in [0.3, 0.4) is 0 Å². The van der Waals surface area contributed by atoms with E-state index in [9.17, 15) is 5.11 Å². The van der Waals surface area contributed by atoms with Gasteiger partial charge in [-0.1, -0.05) is 43.2 Å². The van der Waals surface area contributed by atoms with Crippen molar-refractivity contribution in [2.24, 2.45) is 11.8 Å². The Bertz CT molecular complexity index is 546. The summed E-state index contributed by atoms with van der Waals surface area (Å²) < 4.78 is 7.61. The largest absolute Gasteiger partial charge is 0.382 e. The van der Waals surface area contributed by atoms with E-state index in [0.717, 1.165) is 29.4 Å². The number of piperidine rings is 3. The van der Waals surface area contributed by atoms with Crippen LogP contribution in [0.2, 0.25) is 0 Å². The van der Waals surface area contributed by atoms with E-state index in [-0.39, 0.29) is 0 Å². The Balaban J connectivity index is 1.50. The first kappa shape index (κ1) is 16.6. The highest BCUT2D eigenvalue weighted by Gasteiger charge is 2.46. The van der Waals surface area contributed by atoms with Crippen LogP contribution in [0.5, 0.6) is 0 Å².